The maximum atomic E-state index is 11.6. The van der Waals surface area contributed by atoms with Crippen LogP contribution in [0, 0.1) is 0 Å². The van der Waals surface area contributed by atoms with E-state index in [-0.39, 0.29) is 12.5 Å². The number of nitrogens with one attached hydrogen (secondary N) is 1. The summed E-state index contributed by atoms with van der Waals surface area (Å²) < 4.78 is 2.76. The van der Waals surface area contributed by atoms with Crippen molar-refractivity contribution in [3.8, 4) is 27.5 Å². The van der Waals surface area contributed by atoms with Gasteiger partial charge in [-0.25, -0.2) is 9.67 Å². The number of amides is 1. The van der Waals surface area contributed by atoms with Crippen molar-refractivity contribution in [2.75, 3.05) is 5.32 Å². The number of carbonyl (C=O) groups excluding carboxylic acids is 1. The first kappa shape index (κ1) is 20.0. The van der Waals surface area contributed by atoms with Crippen molar-refractivity contribution < 1.29 is 9.90 Å². The molecule has 1 amide bonds. The van der Waals surface area contributed by atoms with Crippen LogP contribution in [-0.4, -0.2) is 30.8 Å². The van der Waals surface area contributed by atoms with Gasteiger partial charge in [0.05, 0.1) is 34.3 Å². The number of hydrogen-bond acceptors (Lipinski definition) is 6. The Balaban J connectivity index is 1.75. The summed E-state index contributed by atoms with van der Waals surface area (Å²) in [5.74, 6) is -0.141. The number of hydrogen-bond donors (Lipinski definition) is 2. The molecule has 9 heteroatoms. The third-order valence-corrected chi connectivity index (χ3v) is 6.80. The van der Waals surface area contributed by atoms with Gasteiger partial charge in [0, 0.05) is 34.9 Å². The average molecular weight is 496 g/mol. The number of rotatable bonds is 4. The molecule has 31 heavy (non-hydrogen) atoms. The van der Waals surface area contributed by atoms with Crippen molar-refractivity contribution in [1.29, 1.82) is 0 Å². The van der Waals surface area contributed by atoms with E-state index in [4.69, 9.17) is 5.10 Å². The molecule has 4 aromatic rings. The lowest BCUT2D eigenvalue weighted by molar-refractivity contribution is -0.114. The van der Waals surface area contributed by atoms with Crippen molar-refractivity contribution in [1.82, 2.24) is 19.7 Å². The second kappa shape index (κ2) is 7.99. The highest BCUT2D eigenvalue weighted by Gasteiger charge is 2.30. The van der Waals surface area contributed by atoms with Gasteiger partial charge in [-0.15, -0.1) is 0 Å². The fourth-order valence-corrected chi connectivity index (χ4v) is 5.51. The first-order chi connectivity index (χ1) is 15.0. The van der Waals surface area contributed by atoms with Crippen molar-refractivity contribution in [2.45, 2.75) is 26.4 Å². The molecule has 1 aliphatic carbocycles. The number of anilines is 1. The fourth-order valence-electron chi connectivity index (χ4n) is 3.80. The van der Waals surface area contributed by atoms with Crippen molar-refractivity contribution in [3.05, 3.63) is 64.0 Å². The first-order valence-electron chi connectivity index (χ1n) is 9.74. The lowest BCUT2D eigenvalue weighted by atomic mass is 9.95. The van der Waals surface area contributed by atoms with Gasteiger partial charge in [-0.3, -0.25) is 9.78 Å². The topological polar surface area (TPSA) is 92.9 Å². The summed E-state index contributed by atoms with van der Waals surface area (Å²) in [6.07, 6.45) is 5.14. The highest BCUT2D eigenvalue weighted by atomic mass is 79.9. The van der Waals surface area contributed by atoms with Gasteiger partial charge in [0.2, 0.25) is 5.91 Å². The molecule has 0 radical (unpaired) electrons. The van der Waals surface area contributed by atoms with Gasteiger partial charge >= 0.3 is 0 Å². The largest absolute Gasteiger partial charge is 0.392 e. The Morgan fingerprint density at radius 1 is 1.32 bits per heavy atom. The minimum Gasteiger partial charge on any atom is -0.392 e. The molecule has 0 spiro atoms. The van der Waals surface area contributed by atoms with Gasteiger partial charge in [-0.05, 0) is 58.6 Å². The number of carbonyl (C=O) groups is 1. The summed E-state index contributed by atoms with van der Waals surface area (Å²) in [5, 5.41) is 17.9. The van der Waals surface area contributed by atoms with E-state index >= 15 is 0 Å². The molecule has 0 aliphatic heterocycles. The average Bonchev–Trinajstić information content (AvgIpc) is 3.34. The van der Waals surface area contributed by atoms with E-state index in [1.54, 1.807) is 6.20 Å². The SMILES string of the molecule is CC(=O)Nc1nc2c(s1)-c1c(c(-c3cccnc3)nn1-c1ccc(CO)cc1Br)CC2. The predicted molar refractivity (Wildman–Crippen MR) is 123 cm³/mol. The van der Waals surface area contributed by atoms with E-state index in [0.717, 1.165) is 61.7 Å². The highest BCUT2D eigenvalue weighted by molar-refractivity contribution is 9.10. The Morgan fingerprint density at radius 2 is 2.19 bits per heavy atom. The number of halogens is 1. The van der Waals surface area contributed by atoms with Crippen molar-refractivity contribution in [2.24, 2.45) is 0 Å². The zero-order valence-electron chi connectivity index (χ0n) is 16.6. The van der Waals surface area contributed by atoms with E-state index in [1.807, 2.05) is 41.2 Å². The summed E-state index contributed by atoms with van der Waals surface area (Å²) >= 11 is 5.10. The molecular weight excluding hydrogens is 478 g/mol. The summed E-state index contributed by atoms with van der Waals surface area (Å²) in [4.78, 5) is 21.5. The van der Waals surface area contributed by atoms with Crippen molar-refractivity contribution >= 4 is 38.3 Å². The molecule has 5 rings (SSSR count). The number of fused-ring (bicyclic) bond motifs is 3. The molecule has 3 heterocycles. The Bertz CT molecular complexity index is 1300. The molecule has 0 atom stereocenters. The lowest BCUT2D eigenvalue weighted by Crippen LogP contribution is -2.07. The molecule has 1 aliphatic rings. The van der Waals surface area contributed by atoms with Crippen LogP contribution in [0.1, 0.15) is 23.7 Å². The van der Waals surface area contributed by atoms with E-state index in [9.17, 15) is 9.90 Å². The number of thiazole rings is 1. The molecule has 0 bridgehead atoms. The molecule has 156 valence electrons. The minimum atomic E-state index is -0.141. The van der Waals surface area contributed by atoms with Crippen LogP contribution in [-0.2, 0) is 24.2 Å². The minimum absolute atomic E-state index is 0.0316. The molecule has 0 saturated carbocycles. The van der Waals surface area contributed by atoms with Gasteiger partial charge in [-0.1, -0.05) is 17.4 Å². The van der Waals surface area contributed by atoms with Gasteiger partial charge in [0.25, 0.3) is 0 Å². The Hall–Kier alpha value is -2.88. The Kier molecular flexibility index (Phi) is 5.17. The van der Waals surface area contributed by atoms with Crippen LogP contribution < -0.4 is 5.32 Å². The number of aromatic nitrogens is 4. The van der Waals surface area contributed by atoms with Gasteiger partial charge in [0.15, 0.2) is 5.13 Å². The van der Waals surface area contributed by atoms with Crippen LogP contribution in [0.3, 0.4) is 0 Å². The fraction of sp³-hybridized carbons (Fsp3) is 0.182. The molecule has 0 unspecified atom stereocenters. The van der Waals surface area contributed by atoms with Crippen LogP contribution in [0.25, 0.3) is 27.5 Å². The standard InChI is InChI=1S/C22H18BrN5O2S/c1-12(30)25-22-26-17-6-5-15-19(14-3-2-8-24-10-14)27-28(20(15)21(17)31-22)18-7-4-13(11-29)9-16(18)23/h2-4,7-10,29H,5-6,11H2,1H3,(H,25,26,30). The monoisotopic (exact) mass is 495 g/mol. The second-order valence-electron chi connectivity index (χ2n) is 7.25. The lowest BCUT2D eigenvalue weighted by Gasteiger charge is -2.15. The number of aliphatic hydroxyl groups is 1. The second-order valence-corrected chi connectivity index (χ2v) is 9.10. The third-order valence-electron chi connectivity index (χ3n) is 5.15. The summed E-state index contributed by atoms with van der Waals surface area (Å²) in [5.41, 5.74) is 6.60. The van der Waals surface area contributed by atoms with Gasteiger partial charge < -0.3 is 10.4 Å². The number of pyridine rings is 1. The quantitative estimate of drug-likeness (QED) is 0.438. The number of aliphatic hydroxyl groups excluding tert-OH is 1. The van der Waals surface area contributed by atoms with Gasteiger partial charge in [-0.2, -0.15) is 5.10 Å². The van der Waals surface area contributed by atoms with Crippen LogP contribution in [0.15, 0.2) is 47.2 Å². The van der Waals surface area contributed by atoms with E-state index in [1.165, 1.54) is 18.3 Å². The molecule has 0 saturated heterocycles. The van der Waals surface area contributed by atoms with Crippen LogP contribution in [0.5, 0.6) is 0 Å². The normalized spacial score (nSPS) is 12.4. The third kappa shape index (κ3) is 3.58. The number of benzene rings is 1. The van der Waals surface area contributed by atoms with E-state index in [0.29, 0.717) is 5.13 Å². The first-order valence-corrected chi connectivity index (χ1v) is 11.4. The molecule has 7 nitrogen and oxygen atoms in total. The zero-order chi connectivity index (χ0) is 21.5. The summed E-state index contributed by atoms with van der Waals surface area (Å²) in [7, 11) is 0. The number of nitrogens with zero attached hydrogens (tertiary/aromatic N) is 4. The van der Waals surface area contributed by atoms with Gasteiger partial charge in [0.1, 0.15) is 0 Å². The maximum absolute atomic E-state index is 11.6. The molecule has 2 N–H and O–H groups in total. The van der Waals surface area contributed by atoms with Crippen LogP contribution in [0.4, 0.5) is 5.13 Å². The molecule has 1 aromatic carbocycles. The maximum Gasteiger partial charge on any atom is 0.223 e. The molecule has 0 fully saturated rings. The highest BCUT2D eigenvalue weighted by Crippen LogP contribution is 2.44. The van der Waals surface area contributed by atoms with E-state index in [2.05, 4.69) is 31.2 Å². The van der Waals surface area contributed by atoms with Crippen LogP contribution in [0.2, 0.25) is 0 Å². The molecular formula is C22H18BrN5O2S. The van der Waals surface area contributed by atoms with E-state index < -0.39 is 0 Å². The number of aryl methyl sites for hydroxylation is 1. The molecule has 3 aromatic heterocycles. The zero-order valence-corrected chi connectivity index (χ0v) is 19.0. The predicted octanol–water partition coefficient (Wildman–Crippen LogP) is 4.37. The van der Waals surface area contributed by atoms with Crippen LogP contribution >= 0.6 is 27.3 Å². The Morgan fingerprint density at radius 3 is 2.90 bits per heavy atom. The smallest absolute Gasteiger partial charge is 0.223 e. The van der Waals surface area contributed by atoms with Crippen molar-refractivity contribution in [3.63, 3.8) is 0 Å². The summed E-state index contributed by atoms with van der Waals surface area (Å²) in [6.45, 7) is 1.45. The Labute approximate surface area is 190 Å². The summed E-state index contributed by atoms with van der Waals surface area (Å²) in [6, 6.07) is 9.64.